The Hall–Kier alpha value is -2.82. The standard InChI is InChI=1S/C20H24N2O3.C2H6/c1-14-9-10-16(13-18(14)23)11-12-21-19(24)15(2)22(3)20(25)17-7-5-4-6-8-17;1-2/h4-10,13,15,23H,11-12H2,1-3H3,(H,21,24);1-2H3. The second kappa shape index (κ2) is 11.0. The van der Waals surface area contributed by atoms with E-state index < -0.39 is 6.04 Å². The van der Waals surface area contributed by atoms with Gasteiger partial charge in [-0.2, -0.15) is 0 Å². The lowest BCUT2D eigenvalue weighted by Crippen LogP contribution is -2.46. The van der Waals surface area contributed by atoms with Crippen LogP contribution in [0.3, 0.4) is 0 Å². The molecule has 0 spiro atoms. The lowest BCUT2D eigenvalue weighted by atomic mass is 10.1. The first-order valence-electron chi connectivity index (χ1n) is 9.28. The van der Waals surface area contributed by atoms with E-state index in [9.17, 15) is 14.7 Å². The van der Waals surface area contributed by atoms with Crippen LogP contribution in [0, 0.1) is 6.92 Å². The van der Waals surface area contributed by atoms with Crippen molar-refractivity contribution in [3.05, 3.63) is 65.2 Å². The summed E-state index contributed by atoms with van der Waals surface area (Å²) < 4.78 is 0. The molecule has 0 saturated heterocycles. The summed E-state index contributed by atoms with van der Waals surface area (Å²) in [5.41, 5.74) is 2.33. The van der Waals surface area contributed by atoms with Crippen molar-refractivity contribution in [1.29, 1.82) is 0 Å². The number of nitrogens with one attached hydrogen (secondary N) is 1. The van der Waals surface area contributed by atoms with Gasteiger partial charge in [0.2, 0.25) is 5.91 Å². The number of carbonyl (C=O) groups excluding carboxylic acids is 2. The normalized spacial score (nSPS) is 11.0. The molecule has 2 aromatic rings. The van der Waals surface area contributed by atoms with Crippen LogP contribution in [0.1, 0.15) is 42.3 Å². The summed E-state index contributed by atoms with van der Waals surface area (Å²) in [5, 5.41) is 12.5. The predicted molar refractivity (Wildman–Crippen MR) is 109 cm³/mol. The van der Waals surface area contributed by atoms with Gasteiger partial charge >= 0.3 is 0 Å². The first kappa shape index (κ1) is 22.2. The highest BCUT2D eigenvalue weighted by Gasteiger charge is 2.22. The number of hydrogen-bond acceptors (Lipinski definition) is 3. The number of hydrogen-bond donors (Lipinski definition) is 2. The zero-order valence-corrected chi connectivity index (χ0v) is 16.8. The van der Waals surface area contributed by atoms with Crippen LogP contribution in [-0.2, 0) is 11.2 Å². The minimum atomic E-state index is -0.570. The molecule has 0 aliphatic rings. The van der Waals surface area contributed by atoms with Crippen molar-refractivity contribution in [2.75, 3.05) is 13.6 Å². The topological polar surface area (TPSA) is 69.6 Å². The number of carbonyl (C=O) groups is 2. The van der Waals surface area contributed by atoms with Crippen LogP contribution in [0.5, 0.6) is 5.75 Å². The molecule has 1 atom stereocenters. The van der Waals surface area contributed by atoms with E-state index >= 15 is 0 Å². The Morgan fingerprint density at radius 2 is 1.74 bits per heavy atom. The van der Waals surface area contributed by atoms with Crippen LogP contribution in [0.15, 0.2) is 48.5 Å². The minimum Gasteiger partial charge on any atom is -0.508 e. The number of phenols is 1. The van der Waals surface area contributed by atoms with Crippen LogP contribution in [0.25, 0.3) is 0 Å². The lowest BCUT2D eigenvalue weighted by molar-refractivity contribution is -0.124. The Labute approximate surface area is 162 Å². The van der Waals surface area contributed by atoms with Gasteiger partial charge in [0.15, 0.2) is 0 Å². The van der Waals surface area contributed by atoms with Crippen LogP contribution >= 0.6 is 0 Å². The molecular weight excluding hydrogens is 340 g/mol. The number of aryl methyl sites for hydroxylation is 1. The molecule has 1 unspecified atom stereocenters. The fourth-order valence-corrected chi connectivity index (χ4v) is 2.42. The van der Waals surface area contributed by atoms with E-state index in [2.05, 4.69) is 5.32 Å². The molecule has 0 aliphatic carbocycles. The van der Waals surface area contributed by atoms with Crippen LogP contribution in [-0.4, -0.2) is 41.5 Å². The molecule has 5 heteroatoms. The molecule has 0 radical (unpaired) electrons. The fraction of sp³-hybridized carbons (Fsp3) is 0.364. The largest absolute Gasteiger partial charge is 0.508 e. The summed E-state index contributed by atoms with van der Waals surface area (Å²) in [7, 11) is 1.62. The van der Waals surface area contributed by atoms with Crippen LogP contribution in [0.2, 0.25) is 0 Å². The summed E-state index contributed by atoms with van der Waals surface area (Å²) in [6.07, 6.45) is 0.614. The van der Waals surface area contributed by atoms with Gasteiger partial charge in [-0.1, -0.05) is 44.2 Å². The number of amides is 2. The van der Waals surface area contributed by atoms with Crippen LogP contribution < -0.4 is 5.32 Å². The number of aromatic hydroxyl groups is 1. The van der Waals surface area contributed by atoms with Crippen molar-refractivity contribution < 1.29 is 14.7 Å². The maximum Gasteiger partial charge on any atom is 0.254 e. The van der Waals surface area contributed by atoms with Crippen LogP contribution in [0.4, 0.5) is 0 Å². The number of phenolic OH excluding ortho intramolecular Hbond substituents is 1. The lowest BCUT2D eigenvalue weighted by Gasteiger charge is -2.24. The summed E-state index contributed by atoms with van der Waals surface area (Å²) >= 11 is 0. The Bertz CT molecular complexity index is 744. The molecule has 146 valence electrons. The minimum absolute atomic E-state index is 0.188. The number of rotatable bonds is 6. The molecule has 5 nitrogen and oxygen atoms in total. The van der Waals surface area contributed by atoms with Crippen molar-refractivity contribution in [2.24, 2.45) is 0 Å². The van der Waals surface area contributed by atoms with Gasteiger partial charge in [0.25, 0.3) is 5.91 Å². The van der Waals surface area contributed by atoms with E-state index in [1.807, 2.05) is 39.0 Å². The second-order valence-electron chi connectivity index (χ2n) is 6.12. The van der Waals surface area contributed by atoms with Gasteiger partial charge in [0.05, 0.1) is 0 Å². The molecule has 0 aliphatic heterocycles. The molecule has 27 heavy (non-hydrogen) atoms. The van der Waals surface area contributed by atoms with Gasteiger partial charge in [-0.3, -0.25) is 9.59 Å². The van der Waals surface area contributed by atoms with E-state index in [1.54, 1.807) is 44.3 Å². The number of benzene rings is 2. The summed E-state index contributed by atoms with van der Waals surface area (Å²) in [6, 6.07) is 13.8. The Morgan fingerprint density at radius 1 is 1.11 bits per heavy atom. The predicted octanol–water partition coefficient (Wildman–Crippen LogP) is 3.55. The quantitative estimate of drug-likeness (QED) is 0.817. The van der Waals surface area contributed by atoms with E-state index in [-0.39, 0.29) is 17.6 Å². The van der Waals surface area contributed by atoms with Crippen molar-refractivity contribution in [2.45, 2.75) is 40.2 Å². The highest BCUT2D eigenvalue weighted by Crippen LogP contribution is 2.17. The summed E-state index contributed by atoms with van der Waals surface area (Å²) in [5.74, 6) is -0.139. The highest BCUT2D eigenvalue weighted by molar-refractivity contribution is 5.97. The molecule has 0 saturated carbocycles. The molecular formula is C22H30N2O3. The van der Waals surface area contributed by atoms with E-state index in [1.165, 1.54) is 4.90 Å². The Morgan fingerprint density at radius 3 is 2.33 bits per heavy atom. The fourth-order valence-electron chi connectivity index (χ4n) is 2.42. The molecule has 2 N–H and O–H groups in total. The molecule has 2 amide bonds. The maximum atomic E-state index is 12.4. The SMILES string of the molecule is CC.Cc1ccc(CCNC(=O)C(C)N(C)C(=O)c2ccccc2)cc1O. The third kappa shape index (κ3) is 6.44. The molecule has 0 bridgehead atoms. The molecule has 0 aromatic heterocycles. The number of likely N-dealkylation sites (N-methyl/N-ethyl adjacent to an activating group) is 1. The highest BCUT2D eigenvalue weighted by atomic mass is 16.3. The maximum absolute atomic E-state index is 12.4. The molecule has 0 heterocycles. The van der Waals surface area contributed by atoms with Crippen molar-refractivity contribution >= 4 is 11.8 Å². The van der Waals surface area contributed by atoms with Crippen molar-refractivity contribution in [3.8, 4) is 5.75 Å². The van der Waals surface area contributed by atoms with E-state index in [0.717, 1.165) is 11.1 Å². The molecule has 0 fully saturated rings. The summed E-state index contributed by atoms with van der Waals surface area (Å²) in [6.45, 7) is 7.98. The van der Waals surface area contributed by atoms with Gasteiger partial charge in [-0.05, 0) is 49.6 Å². The third-order valence-corrected chi connectivity index (χ3v) is 4.29. The summed E-state index contributed by atoms with van der Waals surface area (Å²) in [4.78, 5) is 26.1. The van der Waals surface area contributed by atoms with Gasteiger partial charge in [-0.15, -0.1) is 0 Å². The average Bonchev–Trinajstić information content (AvgIpc) is 2.71. The third-order valence-electron chi connectivity index (χ3n) is 4.29. The second-order valence-corrected chi connectivity index (χ2v) is 6.12. The van der Waals surface area contributed by atoms with Gasteiger partial charge in [0, 0.05) is 19.2 Å². The Kier molecular flexibility index (Phi) is 9.06. The molecule has 2 aromatic carbocycles. The molecule has 2 rings (SSSR count). The zero-order valence-electron chi connectivity index (χ0n) is 16.8. The Balaban J connectivity index is 0.00000176. The average molecular weight is 370 g/mol. The van der Waals surface area contributed by atoms with E-state index in [0.29, 0.717) is 18.5 Å². The zero-order chi connectivity index (χ0) is 20.4. The van der Waals surface area contributed by atoms with Gasteiger partial charge in [0.1, 0.15) is 11.8 Å². The monoisotopic (exact) mass is 370 g/mol. The first-order valence-corrected chi connectivity index (χ1v) is 9.28. The smallest absolute Gasteiger partial charge is 0.254 e. The van der Waals surface area contributed by atoms with E-state index in [4.69, 9.17) is 0 Å². The first-order chi connectivity index (χ1) is 12.9. The number of nitrogens with zero attached hydrogens (tertiary/aromatic N) is 1. The van der Waals surface area contributed by atoms with Crippen molar-refractivity contribution in [3.63, 3.8) is 0 Å². The van der Waals surface area contributed by atoms with Crippen molar-refractivity contribution in [1.82, 2.24) is 10.2 Å². The van der Waals surface area contributed by atoms with Gasteiger partial charge < -0.3 is 15.3 Å². The van der Waals surface area contributed by atoms with Gasteiger partial charge in [-0.25, -0.2) is 0 Å².